The molecule has 18 heavy (non-hydrogen) atoms. The Morgan fingerprint density at radius 3 is 2.61 bits per heavy atom. The van der Waals surface area contributed by atoms with Crippen molar-refractivity contribution >= 4 is 15.9 Å². The molecule has 0 aromatic carbocycles. The second-order valence-corrected chi connectivity index (χ2v) is 7.30. The van der Waals surface area contributed by atoms with Crippen LogP contribution in [0, 0.1) is 11.8 Å². The zero-order chi connectivity index (χ0) is 13.4. The first kappa shape index (κ1) is 13.5. The van der Waals surface area contributed by atoms with E-state index in [1.165, 1.54) is 0 Å². The van der Waals surface area contributed by atoms with Crippen LogP contribution in [0.15, 0.2) is 12.7 Å². The molecular formula is C12H18FNO3S. The molecule has 2 atom stereocenters. The lowest BCUT2D eigenvalue weighted by Gasteiger charge is -2.18. The van der Waals surface area contributed by atoms with Crippen molar-refractivity contribution in [2.24, 2.45) is 11.8 Å². The van der Waals surface area contributed by atoms with Gasteiger partial charge >= 0.3 is 0 Å². The molecule has 0 radical (unpaired) electrons. The minimum Gasteiger partial charge on any atom is -0.274 e. The van der Waals surface area contributed by atoms with Gasteiger partial charge in [0.15, 0.2) is 0 Å². The van der Waals surface area contributed by atoms with E-state index in [4.69, 9.17) is 0 Å². The zero-order valence-electron chi connectivity index (χ0n) is 10.2. The van der Waals surface area contributed by atoms with Crippen molar-refractivity contribution in [3.05, 3.63) is 12.7 Å². The maximum Gasteiger partial charge on any atom is 0.243 e. The molecule has 2 saturated carbocycles. The van der Waals surface area contributed by atoms with Gasteiger partial charge in [-0.25, -0.2) is 12.8 Å². The van der Waals surface area contributed by atoms with E-state index >= 15 is 0 Å². The number of hydrogen-bond acceptors (Lipinski definition) is 3. The van der Waals surface area contributed by atoms with Crippen LogP contribution >= 0.6 is 0 Å². The number of nitrogens with one attached hydrogen (secondary N) is 1. The van der Waals surface area contributed by atoms with Crippen molar-refractivity contribution in [1.29, 1.82) is 0 Å². The smallest absolute Gasteiger partial charge is 0.243 e. The zero-order valence-corrected chi connectivity index (χ0v) is 11.0. The third-order valence-corrected chi connectivity index (χ3v) is 6.19. The molecule has 2 rings (SSSR count). The highest BCUT2D eigenvalue weighted by Gasteiger charge is 2.56. The van der Waals surface area contributed by atoms with Crippen molar-refractivity contribution in [2.75, 3.05) is 6.67 Å². The second-order valence-electron chi connectivity index (χ2n) is 5.22. The number of sulfonamides is 1. The molecule has 0 aromatic heterocycles. The first-order valence-corrected chi connectivity index (χ1v) is 7.69. The van der Waals surface area contributed by atoms with Gasteiger partial charge in [0.25, 0.3) is 0 Å². The van der Waals surface area contributed by atoms with Gasteiger partial charge in [0.2, 0.25) is 15.9 Å². The quantitative estimate of drug-likeness (QED) is 0.774. The number of alkyl halides is 1. The van der Waals surface area contributed by atoms with E-state index in [1.807, 2.05) is 0 Å². The number of halogens is 1. The SMILES string of the molecule is C=C[C@@H]1CCCC1C(=O)NS(=O)(=O)C1(CF)CC1. The van der Waals surface area contributed by atoms with Crippen LogP contribution < -0.4 is 4.72 Å². The first-order valence-electron chi connectivity index (χ1n) is 6.20. The van der Waals surface area contributed by atoms with Crippen LogP contribution in [0.2, 0.25) is 0 Å². The summed E-state index contributed by atoms with van der Waals surface area (Å²) in [6.07, 6.45) is 4.70. The van der Waals surface area contributed by atoms with Crippen LogP contribution in [0.5, 0.6) is 0 Å². The summed E-state index contributed by atoms with van der Waals surface area (Å²) in [6, 6.07) is 0. The average Bonchev–Trinajstić information content (AvgIpc) is 3.00. The van der Waals surface area contributed by atoms with Crippen LogP contribution in [0.1, 0.15) is 32.1 Å². The molecule has 0 spiro atoms. The summed E-state index contributed by atoms with van der Waals surface area (Å²) >= 11 is 0. The van der Waals surface area contributed by atoms with Gasteiger partial charge in [0, 0.05) is 5.92 Å². The standard InChI is InChI=1S/C12H18FNO3S/c1-2-9-4-3-5-10(9)11(15)14-18(16,17)12(8-13)6-7-12/h2,9-10H,1,3-8H2,(H,14,15)/t9-,10?/m1/s1. The van der Waals surface area contributed by atoms with Gasteiger partial charge in [-0.1, -0.05) is 12.5 Å². The van der Waals surface area contributed by atoms with Crippen LogP contribution in [0.3, 0.4) is 0 Å². The normalized spacial score (nSPS) is 29.8. The number of allylic oxidation sites excluding steroid dienone is 1. The topological polar surface area (TPSA) is 63.2 Å². The summed E-state index contributed by atoms with van der Waals surface area (Å²) in [5.41, 5.74) is 0. The van der Waals surface area contributed by atoms with Crippen LogP contribution in [0.25, 0.3) is 0 Å². The average molecular weight is 275 g/mol. The molecular weight excluding hydrogens is 257 g/mol. The van der Waals surface area contributed by atoms with Crippen LogP contribution in [-0.2, 0) is 14.8 Å². The van der Waals surface area contributed by atoms with Crippen molar-refractivity contribution in [3.63, 3.8) is 0 Å². The third kappa shape index (κ3) is 2.18. The van der Waals surface area contributed by atoms with Gasteiger partial charge < -0.3 is 0 Å². The number of carbonyl (C=O) groups is 1. The summed E-state index contributed by atoms with van der Waals surface area (Å²) in [4.78, 5) is 12.0. The first-order chi connectivity index (χ1) is 8.46. The summed E-state index contributed by atoms with van der Waals surface area (Å²) in [7, 11) is -3.88. The minimum absolute atomic E-state index is 0.0285. The van der Waals surface area contributed by atoms with Gasteiger partial charge in [0.1, 0.15) is 11.4 Å². The molecule has 1 N–H and O–H groups in total. The Morgan fingerprint density at radius 1 is 1.44 bits per heavy atom. The number of hydrogen-bond donors (Lipinski definition) is 1. The molecule has 0 saturated heterocycles. The second kappa shape index (κ2) is 4.64. The maximum absolute atomic E-state index is 12.8. The van der Waals surface area contributed by atoms with Gasteiger partial charge in [-0.2, -0.15) is 0 Å². The summed E-state index contributed by atoms with van der Waals surface area (Å²) in [5.74, 6) is -0.814. The van der Waals surface area contributed by atoms with Crippen molar-refractivity contribution < 1.29 is 17.6 Å². The molecule has 0 aliphatic heterocycles. The summed E-state index contributed by atoms with van der Waals surface area (Å²) < 4.78 is 37.3. The predicted octanol–water partition coefficient (Wildman–Crippen LogP) is 1.54. The molecule has 1 unspecified atom stereocenters. The molecule has 1 amide bonds. The highest BCUT2D eigenvalue weighted by molar-refractivity contribution is 7.91. The van der Waals surface area contributed by atoms with Crippen LogP contribution in [-0.4, -0.2) is 25.7 Å². The summed E-state index contributed by atoms with van der Waals surface area (Å²) in [6.45, 7) is 2.73. The largest absolute Gasteiger partial charge is 0.274 e. The van der Waals surface area contributed by atoms with Gasteiger partial charge in [-0.3, -0.25) is 9.52 Å². The fourth-order valence-electron chi connectivity index (χ4n) is 2.53. The van der Waals surface area contributed by atoms with E-state index in [9.17, 15) is 17.6 Å². The van der Waals surface area contributed by atoms with Crippen LogP contribution in [0.4, 0.5) is 4.39 Å². The summed E-state index contributed by atoms with van der Waals surface area (Å²) in [5, 5.41) is 0. The Morgan fingerprint density at radius 2 is 2.11 bits per heavy atom. The monoisotopic (exact) mass is 275 g/mol. The van der Waals surface area contributed by atoms with E-state index in [0.717, 1.165) is 12.8 Å². The Balaban J connectivity index is 2.06. The fraction of sp³-hybridized carbons (Fsp3) is 0.750. The molecule has 102 valence electrons. The van der Waals surface area contributed by atoms with Gasteiger partial charge in [-0.15, -0.1) is 6.58 Å². The molecule has 0 heterocycles. The van der Waals surface area contributed by atoms with E-state index in [2.05, 4.69) is 11.3 Å². The number of rotatable bonds is 5. The molecule has 0 bridgehead atoms. The number of amides is 1. The Labute approximate surface area is 107 Å². The fourth-order valence-corrected chi connectivity index (χ4v) is 3.94. The van der Waals surface area contributed by atoms with Gasteiger partial charge in [-0.05, 0) is 31.6 Å². The van der Waals surface area contributed by atoms with E-state index in [0.29, 0.717) is 19.3 Å². The van der Waals surface area contributed by atoms with Crippen molar-refractivity contribution in [3.8, 4) is 0 Å². The molecule has 2 aliphatic carbocycles. The van der Waals surface area contributed by atoms with Gasteiger partial charge in [0.05, 0.1) is 0 Å². The molecule has 2 fully saturated rings. The molecule has 2 aliphatic rings. The Hall–Kier alpha value is -0.910. The lowest BCUT2D eigenvalue weighted by molar-refractivity contribution is -0.123. The minimum atomic E-state index is -3.88. The number of carbonyl (C=O) groups excluding carboxylic acids is 1. The highest BCUT2D eigenvalue weighted by atomic mass is 32.2. The van der Waals surface area contributed by atoms with E-state index in [1.54, 1.807) is 6.08 Å². The van der Waals surface area contributed by atoms with Crippen molar-refractivity contribution in [2.45, 2.75) is 36.9 Å². The molecule has 0 aromatic rings. The maximum atomic E-state index is 12.8. The van der Waals surface area contributed by atoms with Crippen molar-refractivity contribution in [1.82, 2.24) is 4.72 Å². The Kier molecular flexibility index (Phi) is 3.49. The Bertz CT molecular complexity index is 456. The lowest BCUT2D eigenvalue weighted by Crippen LogP contribution is -2.44. The predicted molar refractivity (Wildman–Crippen MR) is 66.0 cm³/mol. The lowest BCUT2D eigenvalue weighted by atomic mass is 9.96. The third-order valence-electron chi connectivity index (χ3n) is 4.07. The highest BCUT2D eigenvalue weighted by Crippen LogP contribution is 2.43. The van der Waals surface area contributed by atoms with E-state index in [-0.39, 0.29) is 11.8 Å². The van der Waals surface area contributed by atoms with E-state index < -0.39 is 27.4 Å². The molecule has 6 heteroatoms. The molecule has 4 nitrogen and oxygen atoms in total.